The third-order valence-corrected chi connectivity index (χ3v) is 7.02. The molecule has 2 aliphatic heterocycles. The molecule has 0 aliphatic carbocycles. The predicted octanol–water partition coefficient (Wildman–Crippen LogP) is 3.48. The first-order valence-electron chi connectivity index (χ1n) is 8.42. The van der Waals surface area contributed by atoms with Gasteiger partial charge in [0, 0.05) is 0 Å². The molecule has 1 fully saturated rings. The highest BCUT2D eigenvalue weighted by atomic mass is 32.2. The number of aromatic hydroxyl groups is 1. The molecule has 2 heterocycles. The summed E-state index contributed by atoms with van der Waals surface area (Å²) in [6.45, 7) is 4.35. The van der Waals surface area contributed by atoms with Gasteiger partial charge in [-0.2, -0.15) is 0 Å². The van der Waals surface area contributed by atoms with Crippen LogP contribution in [0.3, 0.4) is 0 Å². The van der Waals surface area contributed by atoms with Crippen molar-refractivity contribution in [1.29, 1.82) is 0 Å². The first-order chi connectivity index (χ1) is 11.4. The largest absolute Gasteiger partial charge is 0.508 e. The molecule has 0 unspecified atom stereocenters. The highest BCUT2D eigenvalue weighted by molar-refractivity contribution is 7.92. The summed E-state index contributed by atoms with van der Waals surface area (Å²) in [5, 5.41) is 8.95. The van der Waals surface area contributed by atoms with Crippen molar-refractivity contribution < 1.29 is 18.3 Å². The number of ether oxygens (including phenoxy) is 1. The highest BCUT2D eigenvalue weighted by Gasteiger charge is 2.45. The van der Waals surface area contributed by atoms with E-state index in [1.807, 2.05) is 19.1 Å². The maximum Gasteiger partial charge on any atom is 0.163 e. The van der Waals surface area contributed by atoms with Crippen LogP contribution in [0.25, 0.3) is 6.08 Å². The van der Waals surface area contributed by atoms with Crippen molar-refractivity contribution in [2.24, 2.45) is 0 Å². The van der Waals surface area contributed by atoms with Crippen LogP contribution in [0, 0.1) is 0 Å². The molecule has 0 radical (unpaired) electrons. The van der Waals surface area contributed by atoms with Gasteiger partial charge in [-0.3, -0.25) is 0 Å². The highest BCUT2D eigenvalue weighted by Crippen LogP contribution is 2.38. The molecular formula is C19H24O4S. The summed E-state index contributed by atoms with van der Waals surface area (Å²) in [4.78, 5) is 0. The van der Waals surface area contributed by atoms with Crippen LogP contribution >= 0.6 is 0 Å². The summed E-state index contributed by atoms with van der Waals surface area (Å²) < 4.78 is 30.0. The van der Waals surface area contributed by atoms with Gasteiger partial charge in [-0.1, -0.05) is 36.3 Å². The number of rotatable bonds is 5. The molecule has 0 saturated carbocycles. The molecule has 1 aromatic rings. The molecule has 4 nitrogen and oxygen atoms in total. The summed E-state index contributed by atoms with van der Waals surface area (Å²) in [5.74, 6) is 0.456. The Kier molecular flexibility index (Phi) is 4.83. The van der Waals surface area contributed by atoms with Crippen LogP contribution in [0.4, 0.5) is 0 Å². The van der Waals surface area contributed by atoms with Crippen LogP contribution in [0.1, 0.15) is 38.7 Å². The fraction of sp³-hybridized carbons (Fsp3) is 0.474. The molecule has 0 spiro atoms. The number of benzene rings is 1. The number of sulfone groups is 1. The van der Waals surface area contributed by atoms with E-state index in [9.17, 15) is 13.5 Å². The van der Waals surface area contributed by atoms with E-state index in [1.165, 1.54) is 5.57 Å². The molecule has 3 rings (SSSR count). The Labute approximate surface area is 143 Å². The second kappa shape index (κ2) is 6.73. The molecule has 0 amide bonds. The van der Waals surface area contributed by atoms with E-state index >= 15 is 0 Å². The molecule has 1 N–H and O–H groups in total. The average molecular weight is 348 g/mol. The average Bonchev–Trinajstić information content (AvgIpc) is 3.06. The van der Waals surface area contributed by atoms with Crippen molar-refractivity contribution in [2.75, 3.05) is 12.4 Å². The molecule has 2 aliphatic rings. The van der Waals surface area contributed by atoms with Crippen molar-refractivity contribution in [1.82, 2.24) is 0 Å². The second-order valence-electron chi connectivity index (χ2n) is 6.64. The molecule has 5 heteroatoms. The molecule has 0 bridgehead atoms. The van der Waals surface area contributed by atoms with Crippen molar-refractivity contribution in [3.8, 4) is 5.75 Å². The minimum atomic E-state index is -3.04. The Morgan fingerprint density at radius 2 is 2.04 bits per heavy atom. The lowest BCUT2D eigenvalue weighted by Crippen LogP contribution is -2.19. The van der Waals surface area contributed by atoms with Gasteiger partial charge in [0.05, 0.1) is 18.5 Å². The normalized spacial score (nSPS) is 26.0. The van der Waals surface area contributed by atoms with E-state index in [4.69, 9.17) is 4.74 Å². The summed E-state index contributed by atoms with van der Waals surface area (Å²) in [6, 6.07) is 7.15. The number of hydrogen-bond donors (Lipinski definition) is 1. The Morgan fingerprint density at radius 3 is 2.71 bits per heavy atom. The monoisotopic (exact) mass is 348 g/mol. The van der Waals surface area contributed by atoms with Gasteiger partial charge >= 0.3 is 0 Å². The first kappa shape index (κ1) is 17.2. The molecule has 0 aromatic heterocycles. The Balaban J connectivity index is 1.69. The van der Waals surface area contributed by atoms with Crippen LogP contribution in [0.15, 0.2) is 41.0 Å². The van der Waals surface area contributed by atoms with Crippen molar-refractivity contribution >= 4 is 15.9 Å². The number of phenolic OH excluding ortho intramolecular Hbond substituents is 1. The summed E-state index contributed by atoms with van der Waals surface area (Å²) >= 11 is 0. The fourth-order valence-electron chi connectivity index (χ4n) is 3.64. The standard InChI is InChI=1S/C19H24O4S/c1-3-14(10-15-4-7-16(20)8-5-15)6-9-17-19-13(2)12-24(21,22)18(19)11-23-17/h4-5,7-8,10,17-18,20H,3,6,9,11-12H2,1-2H3/b14-10+/t17-,18+/m1/s1. The number of phenols is 1. The predicted molar refractivity (Wildman–Crippen MR) is 95.6 cm³/mol. The maximum absolute atomic E-state index is 12.1. The number of allylic oxidation sites excluding steroid dienone is 1. The van der Waals surface area contributed by atoms with E-state index in [2.05, 4.69) is 13.0 Å². The van der Waals surface area contributed by atoms with Crippen molar-refractivity contribution in [3.63, 3.8) is 0 Å². The molecular weight excluding hydrogens is 324 g/mol. The lowest BCUT2D eigenvalue weighted by atomic mass is 9.96. The Bertz CT molecular complexity index is 772. The number of hydrogen-bond acceptors (Lipinski definition) is 4. The molecule has 24 heavy (non-hydrogen) atoms. The van der Waals surface area contributed by atoms with E-state index in [1.54, 1.807) is 12.1 Å². The fourth-order valence-corrected chi connectivity index (χ4v) is 5.63. The number of fused-ring (bicyclic) bond motifs is 1. The van der Waals surface area contributed by atoms with Gasteiger partial charge in [0.25, 0.3) is 0 Å². The van der Waals surface area contributed by atoms with Gasteiger partial charge in [0.1, 0.15) is 11.0 Å². The van der Waals surface area contributed by atoms with Crippen LogP contribution in [0.5, 0.6) is 5.75 Å². The Hall–Kier alpha value is -1.59. The van der Waals surface area contributed by atoms with Crippen LogP contribution in [-0.2, 0) is 14.6 Å². The molecule has 2 atom stereocenters. The van der Waals surface area contributed by atoms with Crippen LogP contribution < -0.4 is 0 Å². The molecule has 1 aromatic carbocycles. The minimum Gasteiger partial charge on any atom is -0.508 e. The lowest BCUT2D eigenvalue weighted by Gasteiger charge is -2.13. The third-order valence-electron chi connectivity index (χ3n) is 4.93. The summed E-state index contributed by atoms with van der Waals surface area (Å²) in [5.41, 5.74) is 4.35. The maximum atomic E-state index is 12.1. The SMILES string of the molecule is CC/C(=C\c1ccc(O)cc1)CC[C@H]1OC[C@H]2C1=C(C)CS2(=O)=O. The van der Waals surface area contributed by atoms with Crippen LogP contribution in [-0.4, -0.2) is 37.2 Å². The van der Waals surface area contributed by atoms with Crippen molar-refractivity contribution in [2.45, 2.75) is 44.5 Å². The smallest absolute Gasteiger partial charge is 0.163 e. The second-order valence-corrected chi connectivity index (χ2v) is 8.82. The Morgan fingerprint density at radius 1 is 1.33 bits per heavy atom. The zero-order valence-electron chi connectivity index (χ0n) is 14.2. The van der Waals surface area contributed by atoms with Gasteiger partial charge < -0.3 is 9.84 Å². The van der Waals surface area contributed by atoms with E-state index < -0.39 is 15.1 Å². The quantitative estimate of drug-likeness (QED) is 0.828. The first-order valence-corrected chi connectivity index (χ1v) is 10.1. The topological polar surface area (TPSA) is 63.6 Å². The summed E-state index contributed by atoms with van der Waals surface area (Å²) in [7, 11) is -3.04. The van der Waals surface area contributed by atoms with E-state index in [0.29, 0.717) is 6.61 Å². The minimum absolute atomic E-state index is 0.0676. The van der Waals surface area contributed by atoms with Crippen LogP contribution in [0.2, 0.25) is 0 Å². The third kappa shape index (κ3) is 3.42. The van der Waals surface area contributed by atoms with Crippen molar-refractivity contribution in [3.05, 3.63) is 46.5 Å². The van der Waals surface area contributed by atoms with E-state index in [-0.39, 0.29) is 17.6 Å². The van der Waals surface area contributed by atoms with Gasteiger partial charge in [0.2, 0.25) is 0 Å². The van der Waals surface area contributed by atoms with Gasteiger partial charge in [-0.15, -0.1) is 0 Å². The zero-order valence-corrected chi connectivity index (χ0v) is 15.0. The summed E-state index contributed by atoms with van der Waals surface area (Å²) in [6.07, 6.45) is 4.70. The van der Waals surface area contributed by atoms with Gasteiger partial charge in [-0.05, 0) is 49.5 Å². The van der Waals surface area contributed by atoms with Gasteiger partial charge in [0.15, 0.2) is 9.84 Å². The lowest BCUT2D eigenvalue weighted by molar-refractivity contribution is 0.117. The van der Waals surface area contributed by atoms with E-state index in [0.717, 1.165) is 36.0 Å². The molecule has 1 saturated heterocycles. The molecule has 130 valence electrons. The van der Waals surface area contributed by atoms with Gasteiger partial charge in [-0.25, -0.2) is 8.42 Å². The zero-order chi connectivity index (χ0) is 17.3.